The van der Waals surface area contributed by atoms with Crippen LogP contribution in [-0.4, -0.2) is 29.9 Å². The minimum atomic E-state index is -0.935. The molecule has 154 valence electrons. The van der Waals surface area contributed by atoms with E-state index in [0.29, 0.717) is 41.3 Å². The molecule has 30 heavy (non-hydrogen) atoms. The lowest BCUT2D eigenvalue weighted by Crippen LogP contribution is -2.49. The maximum atomic E-state index is 13.5. The van der Waals surface area contributed by atoms with Crippen molar-refractivity contribution in [2.45, 2.75) is 13.0 Å². The first kappa shape index (κ1) is 20.0. The van der Waals surface area contributed by atoms with E-state index in [0.717, 1.165) is 12.1 Å². The van der Waals surface area contributed by atoms with Gasteiger partial charge in [-0.2, -0.15) is 0 Å². The second-order valence-corrected chi connectivity index (χ2v) is 7.85. The number of halogens is 2. The molecule has 1 fully saturated rings. The summed E-state index contributed by atoms with van der Waals surface area (Å²) in [5, 5.41) is 4.70. The normalized spacial score (nSPS) is 14.1. The third kappa shape index (κ3) is 4.18. The number of nitrogens with one attached hydrogen (secondary N) is 1. The average Bonchev–Trinajstić information content (AvgIpc) is 3.28. The number of rotatable bonds is 5. The molecule has 0 aliphatic carbocycles. The Labute approximate surface area is 176 Å². The van der Waals surface area contributed by atoms with Gasteiger partial charge in [0.1, 0.15) is 0 Å². The predicted molar refractivity (Wildman–Crippen MR) is 113 cm³/mol. The number of thiophene rings is 1. The minimum absolute atomic E-state index is 0.177. The Morgan fingerprint density at radius 2 is 1.87 bits per heavy atom. The fraction of sp³-hybridized carbons (Fsp3) is 0.182. The Bertz CT molecular complexity index is 1070. The van der Waals surface area contributed by atoms with Gasteiger partial charge >= 0.3 is 6.03 Å². The molecular weight excluding hydrogens is 408 g/mol. The van der Waals surface area contributed by atoms with E-state index in [4.69, 9.17) is 0 Å². The first-order valence-electron chi connectivity index (χ1n) is 9.47. The molecule has 1 aliphatic heterocycles. The quantitative estimate of drug-likeness (QED) is 0.615. The molecule has 0 unspecified atom stereocenters. The summed E-state index contributed by atoms with van der Waals surface area (Å²) < 4.78 is 26.7. The summed E-state index contributed by atoms with van der Waals surface area (Å²) in [5.41, 5.74) is 1.66. The molecule has 0 saturated carbocycles. The topological polar surface area (TPSA) is 52.7 Å². The van der Waals surface area contributed by atoms with E-state index < -0.39 is 11.6 Å². The van der Waals surface area contributed by atoms with E-state index >= 15 is 0 Å². The van der Waals surface area contributed by atoms with E-state index in [1.54, 1.807) is 46.2 Å². The zero-order valence-electron chi connectivity index (χ0n) is 16.0. The van der Waals surface area contributed by atoms with E-state index in [2.05, 4.69) is 5.32 Å². The highest BCUT2D eigenvalue weighted by molar-refractivity contribution is 7.12. The van der Waals surface area contributed by atoms with Gasteiger partial charge in [-0.15, -0.1) is 11.3 Å². The monoisotopic (exact) mass is 427 g/mol. The molecule has 1 N–H and O–H groups in total. The largest absolute Gasteiger partial charge is 0.324 e. The molecule has 0 spiro atoms. The van der Waals surface area contributed by atoms with E-state index in [9.17, 15) is 18.4 Å². The molecule has 3 amide bonds. The standard InChI is InChI=1S/C22H19F2N3O2S/c23-16-9-8-15(13-17(16)24)14-26-10-4-11-27(22(26)29)19-6-2-1-5-18(19)25-21(28)20-7-3-12-30-20/h1-3,5-9,12-13H,4,10-11,14H2,(H,25,28). The number of para-hydroxylation sites is 2. The van der Waals surface area contributed by atoms with Crippen molar-refractivity contribution >= 4 is 34.6 Å². The van der Waals surface area contributed by atoms with Crippen LogP contribution in [0.2, 0.25) is 0 Å². The van der Waals surface area contributed by atoms with Crippen molar-refractivity contribution < 1.29 is 18.4 Å². The number of benzene rings is 2. The lowest BCUT2D eigenvalue weighted by atomic mass is 10.1. The smallest absolute Gasteiger partial charge is 0.320 e. The number of amides is 3. The molecule has 0 bridgehead atoms. The van der Waals surface area contributed by atoms with Crippen molar-refractivity contribution in [2.24, 2.45) is 0 Å². The molecule has 2 aromatic carbocycles. The second kappa shape index (κ2) is 8.62. The molecule has 8 heteroatoms. The molecular formula is C22H19F2N3O2S. The fourth-order valence-electron chi connectivity index (χ4n) is 3.42. The lowest BCUT2D eigenvalue weighted by Gasteiger charge is -2.36. The molecule has 5 nitrogen and oxygen atoms in total. The molecule has 3 aromatic rings. The maximum absolute atomic E-state index is 13.5. The summed E-state index contributed by atoms with van der Waals surface area (Å²) in [6.07, 6.45) is 0.711. The maximum Gasteiger partial charge on any atom is 0.324 e. The summed E-state index contributed by atoms with van der Waals surface area (Å²) in [5.74, 6) is -2.09. The number of hydrogen-bond donors (Lipinski definition) is 1. The number of hydrogen-bond acceptors (Lipinski definition) is 3. The van der Waals surface area contributed by atoms with Gasteiger partial charge in [-0.05, 0) is 47.7 Å². The van der Waals surface area contributed by atoms with Gasteiger partial charge in [0.2, 0.25) is 0 Å². The van der Waals surface area contributed by atoms with Crippen LogP contribution in [-0.2, 0) is 6.54 Å². The average molecular weight is 427 g/mol. The van der Waals surface area contributed by atoms with Gasteiger partial charge in [-0.1, -0.05) is 24.3 Å². The van der Waals surface area contributed by atoms with Crippen LogP contribution in [0.4, 0.5) is 25.0 Å². The summed E-state index contributed by atoms with van der Waals surface area (Å²) >= 11 is 1.34. The van der Waals surface area contributed by atoms with Crippen LogP contribution in [0.25, 0.3) is 0 Å². The van der Waals surface area contributed by atoms with Gasteiger partial charge < -0.3 is 10.2 Å². The minimum Gasteiger partial charge on any atom is -0.320 e. The highest BCUT2D eigenvalue weighted by atomic mass is 32.1. The third-order valence-electron chi connectivity index (χ3n) is 4.86. The van der Waals surface area contributed by atoms with E-state index in [1.165, 1.54) is 17.4 Å². The molecule has 1 saturated heterocycles. The Hall–Kier alpha value is -3.26. The molecule has 1 aliphatic rings. The first-order valence-corrected chi connectivity index (χ1v) is 10.3. The van der Waals surface area contributed by atoms with Crippen molar-refractivity contribution in [3.63, 3.8) is 0 Å². The number of carbonyl (C=O) groups is 2. The molecule has 4 rings (SSSR count). The number of nitrogens with zero attached hydrogens (tertiary/aromatic N) is 2. The number of urea groups is 1. The van der Waals surface area contributed by atoms with Crippen LogP contribution in [0.3, 0.4) is 0 Å². The molecule has 1 aromatic heterocycles. The Kier molecular flexibility index (Phi) is 5.76. The zero-order valence-corrected chi connectivity index (χ0v) is 16.8. The van der Waals surface area contributed by atoms with Crippen molar-refractivity contribution in [2.75, 3.05) is 23.3 Å². The highest BCUT2D eigenvalue weighted by Crippen LogP contribution is 2.30. The van der Waals surface area contributed by atoms with Crippen molar-refractivity contribution in [1.29, 1.82) is 0 Å². The number of carbonyl (C=O) groups excluding carboxylic acids is 2. The van der Waals surface area contributed by atoms with Gasteiger partial charge in [0.05, 0.1) is 16.3 Å². The SMILES string of the molecule is O=C(Nc1ccccc1N1CCCN(Cc2ccc(F)c(F)c2)C1=O)c1cccs1. The second-order valence-electron chi connectivity index (χ2n) is 6.91. The van der Waals surface area contributed by atoms with Gasteiger partial charge in [0.25, 0.3) is 5.91 Å². The van der Waals surface area contributed by atoms with Crippen molar-refractivity contribution in [3.05, 3.63) is 82.1 Å². The molecule has 0 atom stereocenters. The van der Waals surface area contributed by atoms with Gasteiger partial charge in [-0.25, -0.2) is 13.6 Å². The van der Waals surface area contributed by atoms with Crippen molar-refractivity contribution in [1.82, 2.24) is 4.90 Å². The summed E-state index contributed by atoms with van der Waals surface area (Å²) in [7, 11) is 0. The Morgan fingerprint density at radius 3 is 2.63 bits per heavy atom. The van der Waals surface area contributed by atoms with Crippen LogP contribution >= 0.6 is 11.3 Å². The first-order chi connectivity index (χ1) is 14.5. The van der Waals surface area contributed by atoms with Crippen LogP contribution < -0.4 is 10.2 Å². The van der Waals surface area contributed by atoms with Gasteiger partial charge in [0, 0.05) is 19.6 Å². The van der Waals surface area contributed by atoms with Crippen LogP contribution in [0, 0.1) is 11.6 Å². The summed E-state index contributed by atoms with van der Waals surface area (Å²) in [4.78, 5) is 29.4. The summed E-state index contributed by atoms with van der Waals surface area (Å²) in [6, 6.07) is 14.1. The highest BCUT2D eigenvalue weighted by Gasteiger charge is 2.28. The fourth-order valence-corrected chi connectivity index (χ4v) is 4.04. The van der Waals surface area contributed by atoms with E-state index in [-0.39, 0.29) is 18.5 Å². The van der Waals surface area contributed by atoms with Crippen molar-refractivity contribution in [3.8, 4) is 0 Å². The number of anilines is 2. The molecule has 0 radical (unpaired) electrons. The van der Waals surface area contributed by atoms with Gasteiger partial charge in [0.15, 0.2) is 11.6 Å². The molecule has 2 heterocycles. The predicted octanol–water partition coefficient (Wildman–Crippen LogP) is 5.11. The third-order valence-corrected chi connectivity index (χ3v) is 5.73. The Morgan fingerprint density at radius 1 is 1.03 bits per heavy atom. The zero-order chi connectivity index (χ0) is 21.1. The summed E-state index contributed by atoms with van der Waals surface area (Å²) in [6.45, 7) is 1.19. The van der Waals surface area contributed by atoms with E-state index in [1.807, 2.05) is 5.38 Å². The van der Waals surface area contributed by atoms with Crippen LogP contribution in [0.1, 0.15) is 21.7 Å². The van der Waals surface area contributed by atoms with Crippen LogP contribution in [0.15, 0.2) is 60.0 Å². The van der Waals surface area contributed by atoms with Crippen LogP contribution in [0.5, 0.6) is 0 Å². The Balaban J connectivity index is 1.54. The van der Waals surface area contributed by atoms with Gasteiger partial charge in [-0.3, -0.25) is 9.69 Å². The lowest BCUT2D eigenvalue weighted by molar-refractivity contribution is 0.103.